The largest absolute Gasteiger partial charge is 0.304 e. The molecule has 3 heteroatoms. The van der Waals surface area contributed by atoms with Gasteiger partial charge in [0.1, 0.15) is 5.65 Å². The minimum atomic E-state index is 0.441. The predicted octanol–water partition coefficient (Wildman–Crippen LogP) is 6.61. The van der Waals surface area contributed by atoms with E-state index in [1.807, 2.05) is 12.1 Å². The van der Waals surface area contributed by atoms with Gasteiger partial charge in [-0.1, -0.05) is 25.4 Å². The lowest BCUT2D eigenvalue weighted by Gasteiger charge is -2.17. The van der Waals surface area contributed by atoms with Crippen LogP contribution in [0.2, 0.25) is 5.02 Å². The van der Waals surface area contributed by atoms with Gasteiger partial charge in [-0.25, -0.2) is 4.98 Å². The van der Waals surface area contributed by atoms with Crippen LogP contribution in [0, 0.1) is 34.6 Å². The van der Waals surface area contributed by atoms with Gasteiger partial charge in [0.15, 0.2) is 0 Å². The van der Waals surface area contributed by atoms with E-state index in [0.29, 0.717) is 5.92 Å². The molecule has 0 amide bonds. The summed E-state index contributed by atoms with van der Waals surface area (Å²) in [6, 6.07) is 6.28. The Bertz CT molecular complexity index is 910. The van der Waals surface area contributed by atoms with Crippen molar-refractivity contribution in [3.63, 3.8) is 0 Å². The van der Waals surface area contributed by atoms with Crippen LogP contribution in [0.1, 0.15) is 53.8 Å². The normalized spacial score (nSPS) is 11.7. The Labute approximate surface area is 155 Å². The number of aryl methyl sites for hydroxylation is 4. The summed E-state index contributed by atoms with van der Waals surface area (Å²) in [5, 5.41) is 0.785. The first-order chi connectivity index (χ1) is 11.9. The van der Waals surface area contributed by atoms with Crippen molar-refractivity contribution >= 4 is 17.2 Å². The predicted molar refractivity (Wildman–Crippen MR) is 108 cm³/mol. The zero-order valence-electron chi connectivity index (χ0n) is 15.8. The van der Waals surface area contributed by atoms with Gasteiger partial charge in [-0.3, -0.25) is 0 Å². The zero-order valence-corrected chi connectivity index (χ0v) is 16.5. The average molecular weight is 354 g/mol. The lowest BCUT2D eigenvalue weighted by Crippen LogP contribution is -2.05. The number of rotatable bonds is 4. The van der Waals surface area contributed by atoms with E-state index in [0.717, 1.165) is 29.2 Å². The monoisotopic (exact) mass is 353 g/mol. The van der Waals surface area contributed by atoms with Gasteiger partial charge in [0, 0.05) is 28.2 Å². The van der Waals surface area contributed by atoms with Crippen molar-refractivity contribution in [1.82, 2.24) is 9.38 Å². The Morgan fingerprint density at radius 1 is 1.04 bits per heavy atom. The van der Waals surface area contributed by atoms with Crippen LogP contribution in [-0.2, 0) is 0 Å². The number of fused-ring (bicyclic) bond motifs is 1. The van der Waals surface area contributed by atoms with Crippen molar-refractivity contribution in [1.29, 1.82) is 0 Å². The van der Waals surface area contributed by atoms with Crippen LogP contribution in [0.5, 0.6) is 0 Å². The van der Waals surface area contributed by atoms with E-state index >= 15 is 0 Å². The van der Waals surface area contributed by atoms with E-state index in [-0.39, 0.29) is 0 Å². The summed E-state index contributed by atoms with van der Waals surface area (Å²) >= 11 is 6.24. The molecular formula is C22H26ClN2. The molecule has 2 aromatic heterocycles. The fraction of sp³-hybridized carbons (Fsp3) is 0.364. The maximum atomic E-state index is 6.24. The van der Waals surface area contributed by atoms with Crippen molar-refractivity contribution in [3.05, 3.63) is 64.4 Å². The molecule has 0 aliphatic rings. The van der Waals surface area contributed by atoms with E-state index in [1.165, 1.54) is 33.5 Å². The van der Waals surface area contributed by atoms with Crippen LogP contribution in [0.3, 0.4) is 0 Å². The maximum Gasteiger partial charge on any atom is 0.145 e. The maximum absolute atomic E-state index is 6.24. The first kappa shape index (κ1) is 18.0. The molecule has 0 saturated carbocycles. The van der Waals surface area contributed by atoms with Crippen LogP contribution < -0.4 is 0 Å². The number of benzene rings is 1. The average Bonchev–Trinajstić information content (AvgIpc) is 2.84. The standard InChI is InChI=1S/C22H26ClN2/c1-7-17(8-2)19-11-16(6)24-22-21(15(5)12-25(19)22)20-13(3)9-18(23)10-14(20)4/h9-12,17H,1,7-8H2,2-6H3. The van der Waals surface area contributed by atoms with Crippen molar-refractivity contribution in [2.24, 2.45) is 0 Å². The summed E-state index contributed by atoms with van der Waals surface area (Å²) in [7, 11) is 0. The molecule has 0 N–H and O–H groups in total. The minimum absolute atomic E-state index is 0.441. The minimum Gasteiger partial charge on any atom is -0.304 e. The number of nitrogens with zero attached hydrogens (tertiary/aromatic N) is 2. The van der Waals surface area contributed by atoms with Crippen molar-refractivity contribution in [2.45, 2.75) is 53.4 Å². The third-order valence-corrected chi connectivity index (χ3v) is 5.31. The summed E-state index contributed by atoms with van der Waals surface area (Å²) < 4.78 is 2.27. The van der Waals surface area contributed by atoms with Crippen molar-refractivity contribution < 1.29 is 0 Å². The van der Waals surface area contributed by atoms with Gasteiger partial charge in [-0.2, -0.15) is 0 Å². The first-order valence-electron chi connectivity index (χ1n) is 8.92. The van der Waals surface area contributed by atoms with Crippen LogP contribution in [0.15, 0.2) is 24.4 Å². The molecule has 0 bridgehead atoms. The topological polar surface area (TPSA) is 17.3 Å². The molecule has 2 heterocycles. The quantitative estimate of drug-likeness (QED) is 0.516. The Hall–Kier alpha value is -1.80. The summed E-state index contributed by atoms with van der Waals surface area (Å²) in [5.74, 6) is 0.441. The number of aromatic nitrogens is 2. The fourth-order valence-electron chi connectivity index (χ4n) is 3.90. The fourth-order valence-corrected chi connectivity index (χ4v) is 4.22. The molecule has 131 valence electrons. The third-order valence-electron chi connectivity index (χ3n) is 5.09. The van der Waals surface area contributed by atoms with Gasteiger partial charge >= 0.3 is 0 Å². The van der Waals surface area contributed by atoms with Crippen LogP contribution >= 0.6 is 11.6 Å². The molecule has 0 aliphatic heterocycles. The molecule has 0 aliphatic carbocycles. The highest BCUT2D eigenvalue weighted by molar-refractivity contribution is 6.30. The molecular weight excluding hydrogens is 328 g/mol. The van der Waals surface area contributed by atoms with Gasteiger partial charge in [0.25, 0.3) is 0 Å². The molecule has 1 aromatic carbocycles. The second kappa shape index (κ2) is 6.84. The van der Waals surface area contributed by atoms with Gasteiger partial charge < -0.3 is 4.40 Å². The number of hydrogen-bond donors (Lipinski definition) is 0. The SMILES string of the molecule is [CH2]CC(CC)c1cc(C)nc2c(-c3c(C)cc(Cl)cc3C)c(C)cn12. The lowest BCUT2D eigenvalue weighted by molar-refractivity contribution is 0.639. The molecule has 0 spiro atoms. The second-order valence-corrected chi connectivity index (χ2v) is 7.45. The van der Waals surface area contributed by atoms with E-state index in [2.05, 4.69) is 58.2 Å². The Kier molecular flexibility index (Phi) is 4.92. The van der Waals surface area contributed by atoms with Gasteiger partial charge in [0.05, 0.1) is 0 Å². The number of hydrogen-bond acceptors (Lipinski definition) is 1. The molecule has 0 fully saturated rings. The molecule has 3 aromatic rings. The molecule has 25 heavy (non-hydrogen) atoms. The summed E-state index contributed by atoms with van der Waals surface area (Å²) in [4.78, 5) is 4.90. The molecule has 1 radical (unpaired) electrons. The summed E-state index contributed by atoms with van der Waals surface area (Å²) in [5.41, 5.74) is 9.48. The smallest absolute Gasteiger partial charge is 0.145 e. The number of halogens is 1. The first-order valence-corrected chi connectivity index (χ1v) is 9.30. The van der Waals surface area contributed by atoms with Gasteiger partial charge in [-0.15, -0.1) is 0 Å². The molecule has 3 rings (SSSR count). The second-order valence-electron chi connectivity index (χ2n) is 7.01. The van der Waals surface area contributed by atoms with Crippen LogP contribution in [0.4, 0.5) is 0 Å². The summed E-state index contributed by atoms with van der Waals surface area (Å²) in [6.07, 6.45) is 4.19. The zero-order chi connectivity index (χ0) is 18.3. The molecule has 1 atom stereocenters. The third kappa shape index (κ3) is 3.08. The Morgan fingerprint density at radius 2 is 1.68 bits per heavy atom. The highest BCUT2D eigenvalue weighted by Crippen LogP contribution is 2.37. The molecule has 1 unspecified atom stereocenters. The lowest BCUT2D eigenvalue weighted by atomic mass is 9.95. The Balaban J connectivity index is 2.37. The van der Waals surface area contributed by atoms with Crippen LogP contribution in [-0.4, -0.2) is 9.38 Å². The summed E-state index contributed by atoms with van der Waals surface area (Å²) in [6.45, 7) is 14.9. The highest BCUT2D eigenvalue weighted by atomic mass is 35.5. The van der Waals surface area contributed by atoms with E-state index < -0.39 is 0 Å². The molecule has 2 nitrogen and oxygen atoms in total. The van der Waals surface area contributed by atoms with E-state index in [9.17, 15) is 0 Å². The van der Waals surface area contributed by atoms with Crippen molar-refractivity contribution in [2.75, 3.05) is 0 Å². The van der Waals surface area contributed by atoms with E-state index in [4.69, 9.17) is 16.6 Å². The van der Waals surface area contributed by atoms with Gasteiger partial charge in [0.2, 0.25) is 0 Å². The van der Waals surface area contributed by atoms with E-state index in [1.54, 1.807) is 0 Å². The van der Waals surface area contributed by atoms with Crippen LogP contribution in [0.25, 0.3) is 16.8 Å². The van der Waals surface area contributed by atoms with Gasteiger partial charge in [-0.05, 0) is 86.9 Å². The Morgan fingerprint density at radius 3 is 2.24 bits per heavy atom. The highest BCUT2D eigenvalue weighted by Gasteiger charge is 2.20. The van der Waals surface area contributed by atoms with Crippen molar-refractivity contribution in [3.8, 4) is 11.1 Å². The molecule has 0 saturated heterocycles.